The fraction of sp³-hybridized carbons (Fsp3) is 0.562. The molecule has 0 N–H and O–H groups in total. The first kappa shape index (κ1) is 16.5. The molecule has 0 spiro atoms. The van der Waals surface area contributed by atoms with Gasteiger partial charge in [0.15, 0.2) is 5.78 Å². The predicted octanol–water partition coefficient (Wildman–Crippen LogP) is 3.89. The molecule has 1 aromatic rings. The molecule has 0 bridgehead atoms. The van der Waals surface area contributed by atoms with E-state index in [0.29, 0.717) is 12.1 Å². The van der Waals surface area contributed by atoms with Crippen molar-refractivity contribution in [2.75, 3.05) is 0 Å². The first-order valence-electron chi connectivity index (χ1n) is 6.97. The average molecular weight is 310 g/mol. The molecule has 0 aromatic carbocycles. The highest BCUT2D eigenvalue weighted by Gasteiger charge is 2.49. The number of carbonyl (C=O) groups is 1. The monoisotopic (exact) mass is 310 g/mol. The molecule has 0 saturated heterocycles. The van der Waals surface area contributed by atoms with Crippen LogP contribution in [0.1, 0.15) is 44.9 Å². The smallest absolute Gasteiger partial charge is 0.298 e. The highest BCUT2D eigenvalue weighted by Crippen LogP contribution is 2.47. The maximum Gasteiger partial charge on any atom is 0.417 e. The van der Waals surface area contributed by atoms with Gasteiger partial charge in [-0.3, -0.25) is 9.78 Å². The first-order chi connectivity index (χ1) is 9.99. The molecule has 0 amide bonds. The minimum atomic E-state index is -4.43. The molecule has 1 aliphatic carbocycles. The van der Waals surface area contributed by atoms with Crippen molar-refractivity contribution in [2.24, 2.45) is 11.3 Å². The molecule has 2 unspecified atom stereocenters. The van der Waals surface area contributed by atoms with Crippen LogP contribution in [0.2, 0.25) is 0 Å². The van der Waals surface area contributed by atoms with Crippen LogP contribution in [-0.4, -0.2) is 10.8 Å². The van der Waals surface area contributed by atoms with E-state index in [1.165, 1.54) is 6.07 Å². The zero-order chi connectivity index (χ0) is 16.8. The van der Waals surface area contributed by atoms with Gasteiger partial charge < -0.3 is 0 Å². The first-order valence-corrected chi connectivity index (χ1v) is 6.97. The topological polar surface area (TPSA) is 53.8 Å². The van der Waals surface area contributed by atoms with Crippen LogP contribution in [0.5, 0.6) is 0 Å². The number of hydrogen-bond donors (Lipinski definition) is 0. The summed E-state index contributed by atoms with van der Waals surface area (Å²) in [6.45, 7) is 5.38. The lowest BCUT2D eigenvalue weighted by molar-refractivity contribution is -0.137. The summed E-state index contributed by atoms with van der Waals surface area (Å²) in [5.41, 5.74) is -1.61. The minimum absolute atomic E-state index is 0.112. The number of nitrogens with zero attached hydrogens (tertiary/aromatic N) is 2. The van der Waals surface area contributed by atoms with E-state index < -0.39 is 28.5 Å². The Bertz CT molecular complexity index is 628. The molecule has 1 saturated carbocycles. The molecule has 1 aromatic heterocycles. The van der Waals surface area contributed by atoms with Crippen LogP contribution < -0.4 is 0 Å². The SMILES string of the molecule is CC1(C)CC(C)(c2ccc(C(F)(F)F)cn2)CC(C#N)C1=O. The van der Waals surface area contributed by atoms with Gasteiger partial charge >= 0.3 is 6.18 Å². The maximum atomic E-state index is 12.6. The highest BCUT2D eigenvalue weighted by atomic mass is 19.4. The summed E-state index contributed by atoms with van der Waals surface area (Å²) in [4.78, 5) is 16.2. The lowest BCUT2D eigenvalue weighted by Crippen LogP contribution is -2.45. The van der Waals surface area contributed by atoms with E-state index in [1.807, 2.05) is 13.0 Å². The second-order valence-electron chi connectivity index (χ2n) is 6.80. The van der Waals surface area contributed by atoms with E-state index in [9.17, 15) is 23.2 Å². The van der Waals surface area contributed by atoms with Gasteiger partial charge in [-0.25, -0.2) is 0 Å². The standard InChI is InChI=1S/C16H17F3N2O/c1-14(2)9-15(3,6-10(7-20)13(14)22)12-5-4-11(8-21-12)16(17,18)19/h4-5,8,10H,6,9H2,1-3H3. The fourth-order valence-corrected chi connectivity index (χ4v) is 3.37. The lowest BCUT2D eigenvalue weighted by atomic mass is 9.59. The van der Waals surface area contributed by atoms with Gasteiger partial charge in [0.2, 0.25) is 0 Å². The van der Waals surface area contributed by atoms with E-state index in [1.54, 1.807) is 13.8 Å². The molecular weight excluding hydrogens is 293 g/mol. The van der Waals surface area contributed by atoms with Crippen LogP contribution in [0.15, 0.2) is 18.3 Å². The van der Waals surface area contributed by atoms with Crippen molar-refractivity contribution in [2.45, 2.75) is 45.2 Å². The Balaban J connectivity index is 2.38. The van der Waals surface area contributed by atoms with Crippen molar-refractivity contribution in [1.82, 2.24) is 4.98 Å². The van der Waals surface area contributed by atoms with Crippen LogP contribution >= 0.6 is 0 Å². The number of hydrogen-bond acceptors (Lipinski definition) is 3. The van der Waals surface area contributed by atoms with Gasteiger partial charge in [0.25, 0.3) is 0 Å². The second kappa shape index (κ2) is 5.08. The van der Waals surface area contributed by atoms with Gasteiger partial charge in [-0.05, 0) is 25.0 Å². The number of nitriles is 1. The van der Waals surface area contributed by atoms with Crippen LogP contribution in [0, 0.1) is 22.7 Å². The largest absolute Gasteiger partial charge is 0.417 e. The molecule has 1 fully saturated rings. The Kier molecular flexibility index (Phi) is 3.80. The second-order valence-corrected chi connectivity index (χ2v) is 6.80. The Morgan fingerprint density at radius 1 is 1.32 bits per heavy atom. The normalized spacial score (nSPS) is 28.2. The van der Waals surface area contributed by atoms with Gasteiger partial charge in [0, 0.05) is 22.7 Å². The van der Waals surface area contributed by atoms with Crippen molar-refractivity contribution in [1.29, 1.82) is 5.26 Å². The molecular formula is C16H17F3N2O. The molecule has 0 radical (unpaired) electrons. The van der Waals surface area contributed by atoms with E-state index in [0.717, 1.165) is 12.3 Å². The number of alkyl halides is 3. The van der Waals surface area contributed by atoms with Gasteiger partial charge in [0.1, 0.15) is 5.92 Å². The van der Waals surface area contributed by atoms with Gasteiger partial charge in [-0.1, -0.05) is 20.8 Å². The molecule has 1 heterocycles. The highest BCUT2D eigenvalue weighted by molar-refractivity contribution is 5.89. The summed E-state index contributed by atoms with van der Waals surface area (Å²) in [7, 11) is 0. The van der Waals surface area contributed by atoms with Crippen molar-refractivity contribution in [3.05, 3.63) is 29.6 Å². The van der Waals surface area contributed by atoms with Crippen molar-refractivity contribution >= 4 is 5.78 Å². The third kappa shape index (κ3) is 2.85. The third-order valence-electron chi connectivity index (χ3n) is 4.34. The van der Waals surface area contributed by atoms with E-state index in [-0.39, 0.29) is 12.2 Å². The summed E-state index contributed by atoms with van der Waals surface area (Å²) in [5, 5.41) is 9.18. The van der Waals surface area contributed by atoms with Crippen LogP contribution in [0.4, 0.5) is 13.2 Å². The van der Waals surface area contributed by atoms with Crippen LogP contribution in [0.25, 0.3) is 0 Å². The molecule has 6 heteroatoms. The zero-order valence-electron chi connectivity index (χ0n) is 12.7. The summed E-state index contributed by atoms with van der Waals surface area (Å²) in [6.07, 6.45) is -2.88. The van der Waals surface area contributed by atoms with Crippen molar-refractivity contribution in [3.8, 4) is 6.07 Å². The average Bonchev–Trinajstić information content (AvgIpc) is 2.42. The Hall–Kier alpha value is -1.90. The Morgan fingerprint density at radius 3 is 2.41 bits per heavy atom. The van der Waals surface area contributed by atoms with Gasteiger partial charge in [-0.15, -0.1) is 0 Å². The van der Waals surface area contributed by atoms with E-state index in [2.05, 4.69) is 4.98 Å². The number of ketones is 1. The van der Waals surface area contributed by atoms with E-state index in [4.69, 9.17) is 0 Å². The molecule has 3 nitrogen and oxygen atoms in total. The summed E-state index contributed by atoms with van der Waals surface area (Å²) < 4.78 is 37.9. The molecule has 1 aliphatic rings. The summed E-state index contributed by atoms with van der Waals surface area (Å²) in [5.74, 6) is -0.864. The number of aromatic nitrogens is 1. The number of rotatable bonds is 1. The van der Waals surface area contributed by atoms with E-state index >= 15 is 0 Å². The van der Waals surface area contributed by atoms with Crippen LogP contribution in [-0.2, 0) is 16.4 Å². The van der Waals surface area contributed by atoms with Crippen molar-refractivity contribution < 1.29 is 18.0 Å². The lowest BCUT2D eigenvalue weighted by Gasteiger charge is -2.43. The molecule has 2 rings (SSSR count). The van der Waals surface area contributed by atoms with Crippen molar-refractivity contribution in [3.63, 3.8) is 0 Å². The molecule has 0 aliphatic heterocycles. The molecule has 22 heavy (non-hydrogen) atoms. The Labute approximate surface area is 127 Å². The summed E-state index contributed by atoms with van der Waals surface area (Å²) >= 11 is 0. The number of halogens is 3. The number of pyridine rings is 1. The Morgan fingerprint density at radius 2 is 1.95 bits per heavy atom. The zero-order valence-corrected chi connectivity index (χ0v) is 12.7. The summed E-state index contributed by atoms with van der Waals surface area (Å²) in [6, 6.07) is 4.36. The number of Topliss-reactive ketones (excluding diaryl/α,β-unsaturated/α-hetero) is 1. The molecule has 2 atom stereocenters. The minimum Gasteiger partial charge on any atom is -0.298 e. The predicted molar refractivity (Wildman–Crippen MR) is 73.7 cm³/mol. The van der Waals surface area contributed by atoms with Gasteiger partial charge in [0.05, 0.1) is 11.6 Å². The van der Waals surface area contributed by atoms with Gasteiger partial charge in [-0.2, -0.15) is 18.4 Å². The van der Waals surface area contributed by atoms with Crippen LogP contribution in [0.3, 0.4) is 0 Å². The quantitative estimate of drug-likeness (QED) is 0.791. The fourth-order valence-electron chi connectivity index (χ4n) is 3.37. The molecule has 118 valence electrons. The maximum absolute atomic E-state index is 12.6. The third-order valence-corrected chi connectivity index (χ3v) is 4.34. The number of carbonyl (C=O) groups excluding carboxylic acids is 1.